The Morgan fingerprint density at radius 2 is 2.11 bits per heavy atom. The van der Waals surface area contributed by atoms with Crippen molar-refractivity contribution < 1.29 is 19.4 Å². The van der Waals surface area contributed by atoms with Crippen LogP contribution in [0.1, 0.15) is 27.2 Å². The van der Waals surface area contributed by atoms with Gasteiger partial charge in [-0.3, -0.25) is 0 Å². The van der Waals surface area contributed by atoms with Gasteiger partial charge in [-0.2, -0.15) is 0 Å². The minimum absolute atomic E-state index is 0.266. The number of hydrogen-bond donors (Lipinski definition) is 2. The number of aliphatic hydroxyl groups is 1. The van der Waals surface area contributed by atoms with Gasteiger partial charge in [0.1, 0.15) is 11.2 Å². The van der Waals surface area contributed by atoms with E-state index in [9.17, 15) is 9.90 Å². The molecule has 0 aromatic carbocycles. The zero-order chi connectivity index (χ0) is 14.3. The lowest BCUT2D eigenvalue weighted by Crippen LogP contribution is -2.73. The molecule has 3 N–H and O–H groups in total. The Bertz CT molecular complexity index is 352. The highest BCUT2D eigenvalue weighted by Crippen LogP contribution is 2.44. The van der Waals surface area contributed by atoms with Gasteiger partial charge >= 0.3 is 6.09 Å². The first kappa shape index (κ1) is 14.6. The minimum atomic E-state index is -0.949. The lowest BCUT2D eigenvalue weighted by molar-refractivity contribution is -0.170. The Balaban J connectivity index is 1.96. The highest BCUT2D eigenvalue weighted by molar-refractivity contribution is 5.69. The number of carbonyl (C=O) groups is 1. The second-order valence-corrected chi connectivity index (χ2v) is 6.66. The third kappa shape index (κ3) is 2.57. The van der Waals surface area contributed by atoms with Crippen LogP contribution in [0.2, 0.25) is 0 Å². The van der Waals surface area contributed by atoms with Gasteiger partial charge in [0.2, 0.25) is 0 Å². The number of nitrogens with two attached hydrogens (primary N) is 1. The molecule has 6 nitrogen and oxygen atoms in total. The zero-order valence-electron chi connectivity index (χ0n) is 11.9. The van der Waals surface area contributed by atoms with Crippen molar-refractivity contribution in [3.8, 4) is 0 Å². The van der Waals surface area contributed by atoms with Crippen LogP contribution in [0.15, 0.2) is 0 Å². The van der Waals surface area contributed by atoms with Gasteiger partial charge in [0, 0.05) is 18.6 Å². The summed E-state index contributed by atoms with van der Waals surface area (Å²) >= 11 is 0. The number of rotatable bonds is 2. The summed E-state index contributed by atoms with van der Waals surface area (Å²) in [5.74, 6) is 0. The van der Waals surface area contributed by atoms with E-state index in [1.807, 2.05) is 20.8 Å². The summed E-state index contributed by atoms with van der Waals surface area (Å²) in [5.41, 5.74) is 3.92. The van der Waals surface area contributed by atoms with Gasteiger partial charge in [-0.1, -0.05) is 0 Å². The molecule has 2 fully saturated rings. The van der Waals surface area contributed by atoms with Gasteiger partial charge < -0.3 is 25.2 Å². The summed E-state index contributed by atoms with van der Waals surface area (Å²) in [6.07, 6.45) is 0.352. The molecule has 0 aliphatic carbocycles. The average molecular weight is 272 g/mol. The molecule has 2 rings (SSSR count). The highest BCUT2D eigenvalue weighted by atomic mass is 16.6. The number of likely N-dealkylation sites (tertiary alicyclic amines) is 1. The molecule has 0 radical (unpaired) electrons. The number of nitrogens with zero attached hydrogens (tertiary/aromatic N) is 1. The van der Waals surface area contributed by atoms with Gasteiger partial charge in [0.05, 0.1) is 19.7 Å². The van der Waals surface area contributed by atoms with E-state index in [0.29, 0.717) is 19.8 Å². The molecule has 2 saturated heterocycles. The SMILES string of the molecule is CC(C)(C)OC(=O)N1CC(O)(C2(CN)CCOC2)C1. The first-order chi connectivity index (χ1) is 8.71. The second kappa shape index (κ2) is 4.61. The predicted octanol–water partition coefficient (Wildman–Crippen LogP) is 0.334. The molecule has 0 aromatic rings. The molecule has 2 aliphatic heterocycles. The van der Waals surface area contributed by atoms with E-state index in [2.05, 4.69) is 0 Å². The summed E-state index contributed by atoms with van der Waals surface area (Å²) in [4.78, 5) is 13.4. The molecular weight excluding hydrogens is 248 g/mol. The topological polar surface area (TPSA) is 85.0 Å². The Morgan fingerprint density at radius 1 is 1.47 bits per heavy atom. The standard InChI is InChI=1S/C13H24N2O4/c1-11(2,3)19-10(16)15-7-13(17,8-15)12(6-14)4-5-18-9-12/h17H,4-9,14H2,1-3H3. The molecule has 0 spiro atoms. The Labute approximate surface area is 113 Å². The molecule has 1 atom stereocenters. The number of hydrogen-bond acceptors (Lipinski definition) is 5. The fourth-order valence-corrected chi connectivity index (χ4v) is 2.70. The number of ether oxygens (including phenoxy) is 2. The van der Waals surface area contributed by atoms with Crippen LogP contribution in [0.25, 0.3) is 0 Å². The van der Waals surface area contributed by atoms with Crippen molar-refractivity contribution in [3.63, 3.8) is 0 Å². The van der Waals surface area contributed by atoms with Crippen molar-refractivity contribution in [1.29, 1.82) is 0 Å². The van der Waals surface area contributed by atoms with Crippen LogP contribution in [0, 0.1) is 5.41 Å². The second-order valence-electron chi connectivity index (χ2n) is 6.66. The molecule has 0 aromatic heterocycles. The third-order valence-electron chi connectivity index (χ3n) is 4.04. The number of carbonyl (C=O) groups excluding carboxylic acids is 1. The van der Waals surface area contributed by atoms with E-state index < -0.39 is 16.6 Å². The van der Waals surface area contributed by atoms with Gasteiger partial charge in [-0.15, -0.1) is 0 Å². The van der Waals surface area contributed by atoms with Crippen LogP contribution in [-0.4, -0.2) is 60.1 Å². The maximum absolute atomic E-state index is 11.9. The monoisotopic (exact) mass is 272 g/mol. The Kier molecular flexibility index (Phi) is 3.53. The number of β-amino-alcohol motifs (C(OH)–C–C–N with tert-alkyl or cyclic N) is 1. The van der Waals surface area contributed by atoms with Crippen LogP contribution in [0.4, 0.5) is 4.79 Å². The maximum atomic E-state index is 11.9. The third-order valence-corrected chi connectivity index (χ3v) is 4.04. The first-order valence-corrected chi connectivity index (χ1v) is 6.70. The van der Waals surface area contributed by atoms with Crippen LogP contribution in [0.3, 0.4) is 0 Å². The van der Waals surface area contributed by atoms with E-state index in [1.165, 1.54) is 4.90 Å². The summed E-state index contributed by atoms with van der Waals surface area (Å²) < 4.78 is 10.7. The van der Waals surface area contributed by atoms with Crippen LogP contribution < -0.4 is 5.73 Å². The summed E-state index contributed by atoms with van der Waals surface area (Å²) in [6.45, 7) is 7.44. The maximum Gasteiger partial charge on any atom is 0.410 e. The average Bonchev–Trinajstić information content (AvgIpc) is 2.72. The molecule has 1 amide bonds. The number of amides is 1. The van der Waals surface area contributed by atoms with Crippen molar-refractivity contribution in [1.82, 2.24) is 4.90 Å². The quantitative estimate of drug-likeness (QED) is 0.757. The molecule has 6 heteroatoms. The van der Waals surface area contributed by atoms with Gasteiger partial charge in [-0.25, -0.2) is 4.79 Å². The fourth-order valence-electron chi connectivity index (χ4n) is 2.70. The van der Waals surface area contributed by atoms with Gasteiger partial charge in [-0.05, 0) is 27.2 Å². The molecule has 1 unspecified atom stereocenters. The van der Waals surface area contributed by atoms with Gasteiger partial charge in [0.25, 0.3) is 0 Å². The zero-order valence-corrected chi connectivity index (χ0v) is 11.9. The first-order valence-electron chi connectivity index (χ1n) is 6.70. The smallest absolute Gasteiger partial charge is 0.410 e. The summed E-state index contributed by atoms with van der Waals surface area (Å²) in [7, 11) is 0. The van der Waals surface area contributed by atoms with E-state index in [1.54, 1.807) is 0 Å². The fraction of sp³-hybridized carbons (Fsp3) is 0.923. The van der Waals surface area contributed by atoms with Crippen molar-refractivity contribution in [2.45, 2.75) is 38.4 Å². The van der Waals surface area contributed by atoms with Crippen molar-refractivity contribution in [2.75, 3.05) is 32.8 Å². The van der Waals surface area contributed by atoms with E-state index in [4.69, 9.17) is 15.2 Å². The van der Waals surface area contributed by atoms with Crippen LogP contribution in [0.5, 0.6) is 0 Å². The van der Waals surface area contributed by atoms with Crippen molar-refractivity contribution in [2.24, 2.45) is 11.1 Å². The van der Waals surface area contributed by atoms with Gasteiger partial charge in [0.15, 0.2) is 0 Å². The van der Waals surface area contributed by atoms with Crippen LogP contribution >= 0.6 is 0 Å². The summed E-state index contributed by atoms with van der Waals surface area (Å²) in [5, 5.41) is 10.7. The molecule has 19 heavy (non-hydrogen) atoms. The molecule has 110 valence electrons. The normalized spacial score (nSPS) is 30.1. The van der Waals surface area contributed by atoms with Crippen LogP contribution in [-0.2, 0) is 9.47 Å². The molecular formula is C13H24N2O4. The lowest BCUT2D eigenvalue weighted by atomic mass is 9.67. The molecule has 0 bridgehead atoms. The van der Waals surface area contributed by atoms with Crippen molar-refractivity contribution in [3.05, 3.63) is 0 Å². The summed E-state index contributed by atoms with van der Waals surface area (Å²) in [6, 6.07) is 0. The Morgan fingerprint density at radius 3 is 2.53 bits per heavy atom. The van der Waals surface area contributed by atoms with E-state index in [-0.39, 0.29) is 19.2 Å². The Hall–Kier alpha value is -0.850. The molecule has 0 saturated carbocycles. The highest BCUT2D eigenvalue weighted by Gasteiger charge is 2.59. The minimum Gasteiger partial charge on any atom is -0.444 e. The van der Waals surface area contributed by atoms with E-state index in [0.717, 1.165) is 6.42 Å². The van der Waals surface area contributed by atoms with Crippen molar-refractivity contribution >= 4 is 6.09 Å². The lowest BCUT2D eigenvalue weighted by Gasteiger charge is -2.54. The molecule has 2 aliphatic rings. The largest absolute Gasteiger partial charge is 0.444 e. The van der Waals surface area contributed by atoms with E-state index >= 15 is 0 Å². The predicted molar refractivity (Wildman–Crippen MR) is 69.7 cm³/mol. The molecule has 2 heterocycles.